The number of nitrogens with two attached hydrogens (primary N) is 1. The molecule has 3 unspecified atom stereocenters. The van der Waals surface area contributed by atoms with Crippen molar-refractivity contribution in [2.75, 3.05) is 43.5 Å². The van der Waals surface area contributed by atoms with Crippen molar-refractivity contribution in [3.8, 4) is 28.3 Å². The number of morpholine rings is 1. The van der Waals surface area contributed by atoms with Gasteiger partial charge in [-0.1, -0.05) is 18.2 Å². The molecule has 0 aliphatic carbocycles. The molecule has 42 heavy (non-hydrogen) atoms. The van der Waals surface area contributed by atoms with E-state index >= 15 is 8.78 Å². The molecule has 0 bridgehead atoms. The van der Waals surface area contributed by atoms with E-state index in [4.69, 9.17) is 29.7 Å². The summed E-state index contributed by atoms with van der Waals surface area (Å²) in [5.74, 6) is 0.781. The van der Waals surface area contributed by atoms with Gasteiger partial charge in [0.1, 0.15) is 29.1 Å². The molecule has 2 aromatic heterocycles. The Balaban J connectivity index is 1.68. The Bertz CT molecular complexity index is 1600. The highest BCUT2D eigenvalue weighted by Gasteiger charge is 2.26. The van der Waals surface area contributed by atoms with Crippen LogP contribution >= 0.6 is 0 Å². The predicted molar refractivity (Wildman–Crippen MR) is 156 cm³/mol. The van der Waals surface area contributed by atoms with Crippen molar-refractivity contribution >= 4 is 33.9 Å². The fraction of sp³-hybridized carbons (Fsp3) is 0.357. The second kappa shape index (κ2) is 13.0. The second-order valence-electron chi connectivity index (χ2n) is 9.73. The number of nitrogens with one attached hydrogen (secondary N) is 1. The number of hydrogen-bond acceptors (Lipinski definition) is 9. The first-order chi connectivity index (χ1) is 20.3. The largest absolute Gasteiger partial charge is 0.492 e. The van der Waals surface area contributed by atoms with E-state index < -0.39 is 23.3 Å². The molecule has 2 aromatic carbocycles. The maximum atomic E-state index is 15.9. The molecule has 0 spiro atoms. The standard InChI is InChI=1S/C28H31F2N7O4S/c1-3-41-23-12-17(19-5-4-6-20(24(19)30)22(29)7-8-34-42(38)39)11-21-25(23)35-26(18-13-32-28(31)33-14-18)36-27(21)37-9-10-40-15-16(37)2/h4-6,11-14,16,22,34H,3,7-10,15H2,1-2H3,(H,38,39)(H2,31,32,33). The minimum Gasteiger partial charge on any atom is -0.492 e. The monoisotopic (exact) mass is 599 g/mol. The van der Waals surface area contributed by atoms with E-state index in [9.17, 15) is 4.21 Å². The van der Waals surface area contributed by atoms with Crippen LogP contribution < -0.4 is 20.1 Å². The van der Waals surface area contributed by atoms with Gasteiger partial charge in [-0.05, 0) is 38.0 Å². The third-order valence-electron chi connectivity index (χ3n) is 6.92. The van der Waals surface area contributed by atoms with Crippen molar-refractivity contribution in [3.05, 3.63) is 54.1 Å². The summed E-state index contributed by atoms with van der Waals surface area (Å²) < 4.78 is 64.5. The number of halogens is 2. The molecule has 14 heteroatoms. The average Bonchev–Trinajstić information content (AvgIpc) is 2.97. The van der Waals surface area contributed by atoms with E-state index in [0.29, 0.717) is 65.8 Å². The molecule has 1 aliphatic heterocycles. The number of nitrogens with zero attached hydrogens (tertiary/aromatic N) is 5. The van der Waals surface area contributed by atoms with Crippen LogP contribution in [0.4, 0.5) is 20.5 Å². The van der Waals surface area contributed by atoms with Gasteiger partial charge in [0.2, 0.25) is 17.2 Å². The Labute approximate surface area is 243 Å². The van der Waals surface area contributed by atoms with Crippen molar-refractivity contribution in [3.63, 3.8) is 0 Å². The number of nitrogen functional groups attached to an aromatic ring is 1. The fourth-order valence-electron chi connectivity index (χ4n) is 4.89. The summed E-state index contributed by atoms with van der Waals surface area (Å²) in [4.78, 5) is 20.0. The van der Waals surface area contributed by atoms with Gasteiger partial charge in [0.15, 0.2) is 5.82 Å². The normalized spacial score (nSPS) is 16.9. The quantitative estimate of drug-likeness (QED) is 0.226. The zero-order chi connectivity index (χ0) is 29.8. The zero-order valence-electron chi connectivity index (χ0n) is 23.1. The van der Waals surface area contributed by atoms with E-state index in [-0.39, 0.29) is 36.1 Å². The Morgan fingerprint density at radius 2 is 2.05 bits per heavy atom. The number of rotatable bonds is 10. The van der Waals surface area contributed by atoms with Crippen LogP contribution in [0.1, 0.15) is 32.0 Å². The number of anilines is 2. The van der Waals surface area contributed by atoms with Crippen molar-refractivity contribution < 1.29 is 27.0 Å². The first-order valence-electron chi connectivity index (χ1n) is 13.4. The summed E-state index contributed by atoms with van der Waals surface area (Å²) in [6.07, 6.45) is 1.23. The first kappa shape index (κ1) is 29.6. The lowest BCUT2D eigenvalue weighted by Crippen LogP contribution is -2.44. The summed E-state index contributed by atoms with van der Waals surface area (Å²) in [5, 5.41) is 0.626. The molecule has 1 aliphatic rings. The summed E-state index contributed by atoms with van der Waals surface area (Å²) >= 11 is -2.28. The van der Waals surface area contributed by atoms with Crippen LogP contribution in [0.15, 0.2) is 42.7 Å². The van der Waals surface area contributed by atoms with Crippen LogP contribution in [0.25, 0.3) is 33.4 Å². The summed E-state index contributed by atoms with van der Waals surface area (Å²) in [6.45, 7) is 5.65. The molecular weight excluding hydrogens is 568 g/mol. The average molecular weight is 600 g/mol. The van der Waals surface area contributed by atoms with Gasteiger partial charge in [0, 0.05) is 42.0 Å². The minimum atomic E-state index is -2.28. The molecule has 0 radical (unpaired) electrons. The van der Waals surface area contributed by atoms with Gasteiger partial charge in [0.05, 0.1) is 31.4 Å². The maximum Gasteiger partial charge on any atom is 0.231 e. The van der Waals surface area contributed by atoms with E-state index in [1.807, 2.05) is 13.8 Å². The highest BCUT2D eigenvalue weighted by Crippen LogP contribution is 2.40. The number of alkyl halides is 1. The summed E-state index contributed by atoms with van der Waals surface area (Å²) in [5.41, 5.74) is 7.25. The maximum absolute atomic E-state index is 15.9. The van der Waals surface area contributed by atoms with Crippen LogP contribution in [0.3, 0.4) is 0 Å². The Kier molecular flexibility index (Phi) is 9.16. The molecule has 0 amide bonds. The molecule has 0 saturated carbocycles. The van der Waals surface area contributed by atoms with Crippen LogP contribution in [-0.4, -0.2) is 67.6 Å². The van der Waals surface area contributed by atoms with E-state index in [2.05, 4.69) is 19.6 Å². The third kappa shape index (κ3) is 6.31. The summed E-state index contributed by atoms with van der Waals surface area (Å²) in [6, 6.07) is 7.97. The van der Waals surface area contributed by atoms with Crippen LogP contribution in [0.2, 0.25) is 0 Å². The molecule has 4 aromatic rings. The number of aromatic nitrogens is 4. The zero-order valence-corrected chi connectivity index (χ0v) is 23.9. The Morgan fingerprint density at radius 3 is 2.76 bits per heavy atom. The third-order valence-corrected chi connectivity index (χ3v) is 7.37. The smallest absolute Gasteiger partial charge is 0.231 e. The van der Waals surface area contributed by atoms with E-state index in [1.54, 1.807) is 36.7 Å². The lowest BCUT2D eigenvalue weighted by Gasteiger charge is -2.35. The molecule has 3 atom stereocenters. The van der Waals surface area contributed by atoms with Crippen LogP contribution in [0, 0.1) is 5.82 Å². The van der Waals surface area contributed by atoms with Crippen LogP contribution in [-0.2, 0) is 16.0 Å². The highest BCUT2D eigenvalue weighted by molar-refractivity contribution is 7.77. The number of fused-ring (bicyclic) bond motifs is 1. The van der Waals surface area contributed by atoms with Gasteiger partial charge in [-0.2, -0.15) is 0 Å². The van der Waals surface area contributed by atoms with Crippen molar-refractivity contribution in [1.82, 2.24) is 24.7 Å². The van der Waals surface area contributed by atoms with E-state index in [0.717, 1.165) is 0 Å². The van der Waals surface area contributed by atoms with Crippen molar-refractivity contribution in [2.24, 2.45) is 0 Å². The minimum absolute atomic E-state index is 0.0132. The predicted octanol–water partition coefficient (Wildman–Crippen LogP) is 4.23. The van der Waals surface area contributed by atoms with Crippen molar-refractivity contribution in [2.45, 2.75) is 32.5 Å². The SMILES string of the molecule is CCOc1cc(-c2cccc(C(F)CCNS(=O)O)c2F)cc2c(N3CCOCC3C)nc(-c3cnc(N)nc3)nc12. The molecule has 222 valence electrons. The van der Waals surface area contributed by atoms with Gasteiger partial charge in [0.25, 0.3) is 0 Å². The van der Waals surface area contributed by atoms with E-state index in [1.165, 1.54) is 6.07 Å². The second-order valence-corrected chi connectivity index (χ2v) is 10.5. The molecule has 11 nitrogen and oxygen atoms in total. The lowest BCUT2D eigenvalue weighted by molar-refractivity contribution is 0.0987. The molecule has 3 heterocycles. The van der Waals surface area contributed by atoms with Gasteiger partial charge in [-0.25, -0.2) is 37.6 Å². The summed E-state index contributed by atoms with van der Waals surface area (Å²) in [7, 11) is 0. The lowest BCUT2D eigenvalue weighted by atomic mass is 9.97. The molecular formula is C28H31F2N7O4S. The van der Waals surface area contributed by atoms with Gasteiger partial charge in [-0.3, -0.25) is 4.55 Å². The molecule has 1 saturated heterocycles. The van der Waals surface area contributed by atoms with Gasteiger partial charge < -0.3 is 20.1 Å². The number of hydrogen-bond donors (Lipinski definition) is 3. The van der Waals surface area contributed by atoms with Crippen LogP contribution in [0.5, 0.6) is 5.75 Å². The van der Waals surface area contributed by atoms with Gasteiger partial charge >= 0.3 is 0 Å². The molecule has 5 rings (SSSR count). The number of ether oxygens (including phenoxy) is 2. The molecule has 4 N–H and O–H groups in total. The Morgan fingerprint density at radius 1 is 1.26 bits per heavy atom. The number of benzene rings is 2. The Hall–Kier alpha value is -3.85. The fourth-order valence-corrected chi connectivity index (χ4v) is 5.19. The van der Waals surface area contributed by atoms with Crippen molar-refractivity contribution in [1.29, 1.82) is 0 Å². The molecule has 1 fully saturated rings. The van der Waals surface area contributed by atoms with Gasteiger partial charge in [-0.15, -0.1) is 0 Å². The topological polar surface area (TPSA) is 149 Å². The highest BCUT2D eigenvalue weighted by atomic mass is 32.2. The first-order valence-corrected chi connectivity index (χ1v) is 14.6.